The molecule has 0 saturated carbocycles. The quantitative estimate of drug-likeness (QED) is 0.733. The van der Waals surface area contributed by atoms with Gasteiger partial charge in [-0.15, -0.1) is 11.6 Å². The van der Waals surface area contributed by atoms with Crippen LogP contribution < -0.4 is 0 Å². The monoisotopic (exact) mass is 270 g/mol. The fourth-order valence-electron chi connectivity index (χ4n) is 2.99. The van der Waals surface area contributed by atoms with Crippen molar-refractivity contribution in [3.05, 3.63) is 34.6 Å². The molecule has 0 spiro atoms. The molecule has 3 atom stereocenters. The van der Waals surface area contributed by atoms with E-state index in [4.69, 9.17) is 16.3 Å². The van der Waals surface area contributed by atoms with Crippen LogP contribution in [0.15, 0.2) is 12.1 Å². The van der Waals surface area contributed by atoms with Gasteiger partial charge >= 0.3 is 0 Å². The summed E-state index contributed by atoms with van der Waals surface area (Å²) in [6.45, 7) is 6.76. The third-order valence-corrected chi connectivity index (χ3v) is 4.42. The smallest absolute Gasteiger partial charge is 0.123 e. The first-order chi connectivity index (χ1) is 8.54. The number of alkyl halides is 1. The van der Waals surface area contributed by atoms with E-state index in [1.807, 2.05) is 13.8 Å². The molecule has 1 heterocycles. The molecule has 0 N–H and O–H groups in total. The normalized spacial score (nSPS) is 25.4. The second-order valence-corrected chi connectivity index (χ2v) is 5.60. The lowest BCUT2D eigenvalue weighted by molar-refractivity contribution is 0.0864. The zero-order valence-corrected chi connectivity index (χ0v) is 11.9. The third kappa shape index (κ3) is 2.55. The summed E-state index contributed by atoms with van der Waals surface area (Å²) >= 11 is 6.65. The summed E-state index contributed by atoms with van der Waals surface area (Å²) in [4.78, 5) is 0. The van der Waals surface area contributed by atoms with E-state index in [-0.39, 0.29) is 17.3 Å². The molecule has 2 rings (SSSR count). The van der Waals surface area contributed by atoms with Gasteiger partial charge in [0.15, 0.2) is 0 Å². The van der Waals surface area contributed by atoms with Gasteiger partial charge in [-0.3, -0.25) is 0 Å². The molecule has 0 aromatic heterocycles. The van der Waals surface area contributed by atoms with Crippen molar-refractivity contribution < 1.29 is 9.13 Å². The summed E-state index contributed by atoms with van der Waals surface area (Å²) in [7, 11) is 0. The first kappa shape index (κ1) is 13.8. The molecule has 0 aliphatic carbocycles. The summed E-state index contributed by atoms with van der Waals surface area (Å²) < 4.78 is 19.0. The van der Waals surface area contributed by atoms with Gasteiger partial charge in [-0.2, -0.15) is 0 Å². The number of rotatable bonds is 3. The van der Waals surface area contributed by atoms with Crippen molar-refractivity contribution in [2.45, 2.75) is 45.1 Å². The topological polar surface area (TPSA) is 9.23 Å². The van der Waals surface area contributed by atoms with Gasteiger partial charge in [0.05, 0.1) is 11.5 Å². The molecule has 1 aromatic rings. The molecule has 1 aliphatic heterocycles. The van der Waals surface area contributed by atoms with Crippen LogP contribution in [-0.2, 0) is 4.74 Å². The van der Waals surface area contributed by atoms with Crippen molar-refractivity contribution in [1.29, 1.82) is 0 Å². The van der Waals surface area contributed by atoms with Gasteiger partial charge in [-0.05, 0) is 55.5 Å². The van der Waals surface area contributed by atoms with Crippen molar-refractivity contribution in [2.24, 2.45) is 5.92 Å². The standard InChI is InChI=1S/C15H20ClFO/c1-4-13-12(5-6-18-13)15(16)14-9(2)7-11(17)8-10(14)3/h7-8,12-13,15H,4-6H2,1-3H3. The van der Waals surface area contributed by atoms with E-state index in [1.165, 1.54) is 0 Å². The maximum absolute atomic E-state index is 13.3. The Morgan fingerprint density at radius 1 is 1.39 bits per heavy atom. The second kappa shape index (κ2) is 5.58. The van der Waals surface area contributed by atoms with Crippen LogP contribution >= 0.6 is 11.6 Å². The van der Waals surface area contributed by atoms with E-state index >= 15 is 0 Å². The summed E-state index contributed by atoms with van der Waals surface area (Å²) in [5.41, 5.74) is 2.95. The van der Waals surface area contributed by atoms with Crippen molar-refractivity contribution >= 4 is 11.6 Å². The highest BCUT2D eigenvalue weighted by atomic mass is 35.5. The molecule has 1 aromatic carbocycles. The zero-order chi connectivity index (χ0) is 13.3. The van der Waals surface area contributed by atoms with Crippen LogP contribution in [0.25, 0.3) is 0 Å². The van der Waals surface area contributed by atoms with Crippen molar-refractivity contribution in [3.63, 3.8) is 0 Å². The molecule has 0 amide bonds. The summed E-state index contributed by atoms with van der Waals surface area (Å²) in [5.74, 6) is 0.145. The molecule has 1 nitrogen and oxygen atoms in total. The van der Waals surface area contributed by atoms with Gasteiger partial charge in [-0.1, -0.05) is 6.92 Å². The van der Waals surface area contributed by atoms with E-state index in [0.29, 0.717) is 5.92 Å². The molecule has 3 heteroatoms. The van der Waals surface area contributed by atoms with Gasteiger partial charge in [0.2, 0.25) is 0 Å². The third-order valence-electron chi connectivity index (χ3n) is 3.87. The van der Waals surface area contributed by atoms with Crippen LogP contribution in [0.3, 0.4) is 0 Å². The lowest BCUT2D eigenvalue weighted by atomic mass is 9.87. The van der Waals surface area contributed by atoms with E-state index in [1.54, 1.807) is 12.1 Å². The average Bonchev–Trinajstić information content (AvgIpc) is 2.75. The summed E-state index contributed by atoms with van der Waals surface area (Å²) in [5, 5.41) is -0.0851. The highest BCUT2D eigenvalue weighted by molar-refractivity contribution is 6.21. The second-order valence-electron chi connectivity index (χ2n) is 5.13. The molecule has 18 heavy (non-hydrogen) atoms. The van der Waals surface area contributed by atoms with Crippen molar-refractivity contribution in [1.82, 2.24) is 0 Å². The summed E-state index contributed by atoms with van der Waals surface area (Å²) in [6, 6.07) is 3.13. The molecular weight excluding hydrogens is 251 g/mol. The molecule has 1 saturated heterocycles. The molecule has 0 bridgehead atoms. The van der Waals surface area contributed by atoms with Gasteiger partial charge in [0.1, 0.15) is 5.82 Å². The SMILES string of the molecule is CCC1OCCC1C(Cl)c1c(C)cc(F)cc1C. The fraction of sp³-hybridized carbons (Fsp3) is 0.600. The Morgan fingerprint density at radius 3 is 2.56 bits per heavy atom. The Labute approximate surface area is 113 Å². The van der Waals surface area contributed by atoms with Gasteiger partial charge in [0, 0.05) is 12.5 Å². The number of ether oxygens (including phenoxy) is 1. The lowest BCUT2D eigenvalue weighted by Gasteiger charge is -2.25. The van der Waals surface area contributed by atoms with E-state index in [0.717, 1.165) is 36.1 Å². The highest BCUT2D eigenvalue weighted by Crippen LogP contribution is 2.41. The van der Waals surface area contributed by atoms with Crippen LogP contribution in [0, 0.1) is 25.6 Å². The Balaban J connectivity index is 2.31. The van der Waals surface area contributed by atoms with Crippen molar-refractivity contribution in [3.8, 4) is 0 Å². The van der Waals surface area contributed by atoms with E-state index in [9.17, 15) is 4.39 Å². The highest BCUT2D eigenvalue weighted by Gasteiger charge is 2.34. The van der Waals surface area contributed by atoms with Gasteiger partial charge < -0.3 is 4.74 Å². The number of aryl methyl sites for hydroxylation is 2. The molecule has 100 valence electrons. The van der Waals surface area contributed by atoms with Crippen molar-refractivity contribution in [2.75, 3.05) is 6.61 Å². The molecule has 1 fully saturated rings. The zero-order valence-electron chi connectivity index (χ0n) is 11.2. The first-order valence-corrected chi connectivity index (χ1v) is 7.00. The number of hydrogen-bond donors (Lipinski definition) is 0. The first-order valence-electron chi connectivity index (χ1n) is 6.57. The number of benzene rings is 1. The Morgan fingerprint density at radius 2 is 2.00 bits per heavy atom. The number of hydrogen-bond acceptors (Lipinski definition) is 1. The van der Waals surface area contributed by atoms with Crippen LogP contribution in [0.1, 0.15) is 41.8 Å². The predicted molar refractivity (Wildman–Crippen MR) is 72.6 cm³/mol. The minimum Gasteiger partial charge on any atom is -0.378 e. The Hall–Kier alpha value is -0.600. The maximum Gasteiger partial charge on any atom is 0.123 e. The molecular formula is C15H20ClFO. The van der Waals surface area contributed by atoms with Crippen LogP contribution in [0.5, 0.6) is 0 Å². The Bertz CT molecular complexity index is 409. The molecule has 0 radical (unpaired) electrons. The Kier molecular flexibility index (Phi) is 4.29. The van der Waals surface area contributed by atoms with Gasteiger partial charge in [-0.25, -0.2) is 4.39 Å². The predicted octanol–water partition coefficient (Wildman–Crippen LogP) is 4.54. The summed E-state index contributed by atoms with van der Waals surface area (Å²) in [6.07, 6.45) is 2.20. The van der Waals surface area contributed by atoms with E-state index < -0.39 is 0 Å². The van der Waals surface area contributed by atoms with Crippen LogP contribution in [0.4, 0.5) is 4.39 Å². The minimum absolute atomic E-state index is 0.0851. The minimum atomic E-state index is -0.188. The lowest BCUT2D eigenvalue weighted by Crippen LogP contribution is -2.20. The maximum atomic E-state index is 13.3. The largest absolute Gasteiger partial charge is 0.378 e. The van der Waals surface area contributed by atoms with Gasteiger partial charge in [0.25, 0.3) is 0 Å². The molecule has 1 aliphatic rings. The van der Waals surface area contributed by atoms with Crippen LogP contribution in [-0.4, -0.2) is 12.7 Å². The fourth-order valence-corrected chi connectivity index (χ4v) is 3.62. The molecule has 3 unspecified atom stereocenters. The number of halogens is 2. The van der Waals surface area contributed by atoms with Crippen LogP contribution in [0.2, 0.25) is 0 Å². The van der Waals surface area contributed by atoms with E-state index in [2.05, 4.69) is 6.92 Å². The average molecular weight is 271 g/mol.